The molecule has 2 aliphatic heterocycles. The van der Waals surface area contributed by atoms with Gasteiger partial charge >= 0.3 is 0 Å². The van der Waals surface area contributed by atoms with Crippen molar-refractivity contribution in [1.82, 2.24) is 0 Å². The highest BCUT2D eigenvalue weighted by Crippen LogP contribution is 2.55. The number of anilines is 1. The van der Waals surface area contributed by atoms with E-state index >= 15 is 0 Å². The first-order valence-electron chi connectivity index (χ1n) is 6.94. The summed E-state index contributed by atoms with van der Waals surface area (Å²) in [7, 11) is 0. The molecular weight excluding hydrogens is 270 g/mol. The zero-order valence-electron chi connectivity index (χ0n) is 11.4. The highest BCUT2D eigenvalue weighted by atomic mass is 16.2. The topological polar surface area (TPSA) is 79.2 Å². The molecule has 0 bridgehead atoms. The second-order valence-electron chi connectivity index (χ2n) is 5.86. The molecule has 6 nitrogen and oxygen atoms in total. The predicted molar refractivity (Wildman–Crippen MR) is 73.0 cm³/mol. The lowest BCUT2D eigenvalue weighted by Gasteiger charge is -2.16. The zero-order valence-corrected chi connectivity index (χ0v) is 11.4. The molecule has 4 rings (SSSR count). The summed E-state index contributed by atoms with van der Waals surface area (Å²) in [5, 5.41) is 8.17. The average molecular weight is 283 g/mol. The summed E-state index contributed by atoms with van der Waals surface area (Å²) in [6.45, 7) is 1.47. The Morgan fingerprint density at radius 3 is 2.43 bits per heavy atom. The van der Waals surface area contributed by atoms with Gasteiger partial charge < -0.3 is 0 Å². The van der Waals surface area contributed by atoms with Crippen molar-refractivity contribution < 1.29 is 14.4 Å². The number of benzene rings is 1. The van der Waals surface area contributed by atoms with E-state index in [4.69, 9.17) is 0 Å². The number of hydrogen-bond acceptors (Lipinski definition) is 5. The molecule has 2 amide bonds. The van der Waals surface area contributed by atoms with Gasteiger partial charge in [-0.25, -0.2) is 4.90 Å². The van der Waals surface area contributed by atoms with Gasteiger partial charge in [0, 0.05) is 5.56 Å². The lowest BCUT2D eigenvalue weighted by atomic mass is 9.94. The van der Waals surface area contributed by atoms with Crippen molar-refractivity contribution in [3.05, 3.63) is 29.8 Å². The maximum Gasteiger partial charge on any atom is 0.261 e. The Bertz CT molecular complexity index is 703. The van der Waals surface area contributed by atoms with Crippen LogP contribution in [0.1, 0.15) is 30.1 Å². The first kappa shape index (κ1) is 12.4. The first-order valence-corrected chi connectivity index (χ1v) is 6.94. The van der Waals surface area contributed by atoms with Crippen molar-refractivity contribution in [2.24, 2.45) is 16.1 Å². The smallest absolute Gasteiger partial charge is 0.261 e. The highest BCUT2D eigenvalue weighted by Gasteiger charge is 2.67. The normalized spacial score (nSPS) is 28.3. The monoisotopic (exact) mass is 283 g/mol. The molecule has 2 heterocycles. The summed E-state index contributed by atoms with van der Waals surface area (Å²) in [6.07, 6.45) is 1.65. The quantitative estimate of drug-likeness (QED) is 0.612. The fourth-order valence-corrected chi connectivity index (χ4v) is 3.18. The SMILES string of the molecule is CC(=O)c1ccc(N2C(=O)[C@H]3N=NC4(CC4)[C@@H]3C2=O)cc1. The number of rotatable bonds is 2. The van der Waals surface area contributed by atoms with Gasteiger partial charge in [0.2, 0.25) is 5.91 Å². The van der Waals surface area contributed by atoms with E-state index in [2.05, 4.69) is 10.2 Å². The molecule has 0 radical (unpaired) electrons. The molecule has 1 aromatic carbocycles. The van der Waals surface area contributed by atoms with E-state index in [1.54, 1.807) is 24.3 Å². The van der Waals surface area contributed by atoms with Crippen LogP contribution in [0.5, 0.6) is 0 Å². The van der Waals surface area contributed by atoms with E-state index in [1.807, 2.05) is 0 Å². The van der Waals surface area contributed by atoms with Crippen LogP contribution in [0.25, 0.3) is 0 Å². The third kappa shape index (κ3) is 1.55. The van der Waals surface area contributed by atoms with E-state index in [0.29, 0.717) is 11.3 Å². The summed E-state index contributed by atoms with van der Waals surface area (Å²) in [5.74, 6) is -1.02. The molecule has 6 heteroatoms. The molecular formula is C15H13N3O3. The average Bonchev–Trinajstić information content (AvgIpc) is 3.05. The maximum absolute atomic E-state index is 12.6. The Morgan fingerprint density at radius 1 is 1.19 bits per heavy atom. The maximum atomic E-state index is 12.6. The molecule has 106 valence electrons. The highest BCUT2D eigenvalue weighted by molar-refractivity contribution is 6.24. The Morgan fingerprint density at radius 2 is 1.86 bits per heavy atom. The summed E-state index contributed by atoms with van der Waals surface area (Å²) in [4.78, 5) is 37.5. The molecule has 21 heavy (non-hydrogen) atoms. The number of hydrogen-bond donors (Lipinski definition) is 0. The molecule has 2 atom stereocenters. The fraction of sp³-hybridized carbons (Fsp3) is 0.400. The largest absolute Gasteiger partial charge is 0.295 e. The van der Waals surface area contributed by atoms with Gasteiger partial charge in [-0.2, -0.15) is 10.2 Å². The van der Waals surface area contributed by atoms with Crippen LogP contribution >= 0.6 is 0 Å². The standard InChI is InChI=1S/C15H13N3O3/c1-8(19)9-2-4-10(5-3-9)18-13(20)11-12(14(18)21)16-17-15(11)6-7-15/h2-5,11-12H,6-7H2,1H3/t11-,12-/m0/s1. The fourth-order valence-electron chi connectivity index (χ4n) is 3.18. The molecule has 0 aromatic heterocycles. The summed E-state index contributed by atoms with van der Waals surface area (Å²) in [6, 6.07) is 5.85. The second-order valence-corrected chi connectivity index (χ2v) is 5.86. The van der Waals surface area contributed by atoms with E-state index in [0.717, 1.165) is 12.8 Å². The van der Waals surface area contributed by atoms with Crippen molar-refractivity contribution in [3.8, 4) is 0 Å². The minimum Gasteiger partial charge on any atom is -0.295 e. The Kier molecular flexibility index (Phi) is 2.26. The molecule has 0 unspecified atom stereocenters. The zero-order chi connectivity index (χ0) is 14.8. The van der Waals surface area contributed by atoms with Gasteiger partial charge in [-0.3, -0.25) is 14.4 Å². The van der Waals surface area contributed by atoms with Gasteiger partial charge in [-0.15, -0.1) is 0 Å². The van der Waals surface area contributed by atoms with Crippen LogP contribution in [0.3, 0.4) is 0 Å². The molecule has 3 aliphatic rings. The second kappa shape index (κ2) is 3.84. The summed E-state index contributed by atoms with van der Waals surface area (Å²) in [5.41, 5.74) is 0.637. The summed E-state index contributed by atoms with van der Waals surface area (Å²) < 4.78 is 0. The molecule has 1 spiro atoms. The number of fused-ring (bicyclic) bond motifs is 2. The van der Waals surface area contributed by atoms with Crippen LogP contribution in [0.15, 0.2) is 34.5 Å². The van der Waals surface area contributed by atoms with E-state index in [1.165, 1.54) is 11.8 Å². The van der Waals surface area contributed by atoms with Gasteiger partial charge in [0.15, 0.2) is 11.8 Å². The lowest BCUT2D eigenvalue weighted by molar-refractivity contribution is -0.122. The number of ketones is 1. The van der Waals surface area contributed by atoms with Crippen molar-refractivity contribution >= 4 is 23.3 Å². The summed E-state index contributed by atoms with van der Waals surface area (Å²) >= 11 is 0. The van der Waals surface area contributed by atoms with Crippen molar-refractivity contribution in [2.75, 3.05) is 4.90 Å². The number of imide groups is 1. The Hall–Kier alpha value is -2.37. The predicted octanol–water partition coefficient (Wildman–Crippen LogP) is 1.75. The van der Waals surface area contributed by atoms with Crippen molar-refractivity contribution in [2.45, 2.75) is 31.3 Å². The Labute approximate surface area is 120 Å². The van der Waals surface area contributed by atoms with E-state index in [-0.39, 0.29) is 17.6 Å². The van der Waals surface area contributed by atoms with Crippen molar-refractivity contribution in [3.63, 3.8) is 0 Å². The van der Waals surface area contributed by atoms with Crippen LogP contribution in [0, 0.1) is 5.92 Å². The molecule has 0 N–H and O–H groups in total. The van der Waals surface area contributed by atoms with Gasteiger partial charge in [0.1, 0.15) is 0 Å². The number of amides is 2. The first-order chi connectivity index (χ1) is 10.0. The number of carbonyl (C=O) groups excluding carboxylic acids is 3. The van der Waals surface area contributed by atoms with Crippen LogP contribution in [0.4, 0.5) is 5.69 Å². The Balaban J connectivity index is 1.70. The van der Waals surface area contributed by atoms with Gasteiger partial charge in [-0.1, -0.05) is 0 Å². The van der Waals surface area contributed by atoms with Gasteiger partial charge in [0.05, 0.1) is 17.1 Å². The minimum atomic E-state index is -0.660. The molecule has 1 saturated carbocycles. The van der Waals surface area contributed by atoms with Crippen LogP contribution in [-0.2, 0) is 9.59 Å². The number of azo groups is 1. The third-order valence-electron chi connectivity index (χ3n) is 4.53. The van der Waals surface area contributed by atoms with Gasteiger partial charge in [0.25, 0.3) is 5.91 Å². The number of nitrogens with zero attached hydrogens (tertiary/aromatic N) is 3. The number of carbonyl (C=O) groups is 3. The van der Waals surface area contributed by atoms with Gasteiger partial charge in [-0.05, 0) is 44.0 Å². The van der Waals surface area contributed by atoms with Crippen LogP contribution in [-0.4, -0.2) is 29.2 Å². The number of Topliss-reactive ketones (excluding diaryl/α,β-unsaturated/α-hetero) is 1. The molecule has 2 fully saturated rings. The van der Waals surface area contributed by atoms with E-state index in [9.17, 15) is 14.4 Å². The molecule has 1 saturated heterocycles. The third-order valence-corrected chi connectivity index (χ3v) is 4.53. The van der Waals surface area contributed by atoms with Crippen LogP contribution in [0.2, 0.25) is 0 Å². The minimum absolute atomic E-state index is 0.0526. The molecule has 1 aliphatic carbocycles. The lowest BCUT2D eigenvalue weighted by Crippen LogP contribution is -2.33. The van der Waals surface area contributed by atoms with Crippen LogP contribution < -0.4 is 4.90 Å². The van der Waals surface area contributed by atoms with E-state index < -0.39 is 17.5 Å². The van der Waals surface area contributed by atoms with Crippen molar-refractivity contribution in [1.29, 1.82) is 0 Å². The molecule has 1 aromatic rings.